The van der Waals surface area contributed by atoms with Gasteiger partial charge in [0, 0.05) is 6.42 Å². The maximum Gasteiger partial charge on any atom is 0.306 e. The van der Waals surface area contributed by atoms with Gasteiger partial charge in [-0.05, 0) is 36.6 Å². The van der Waals surface area contributed by atoms with Crippen LogP contribution in [0, 0.1) is 12.8 Å². The molecular formula is C14H18O4. The zero-order chi connectivity index (χ0) is 13.1. The van der Waals surface area contributed by atoms with Crippen LogP contribution in [0.5, 0.6) is 11.5 Å². The molecule has 1 aliphatic heterocycles. The summed E-state index contributed by atoms with van der Waals surface area (Å²) < 4.78 is 11.2. The monoisotopic (exact) mass is 250 g/mol. The van der Waals surface area contributed by atoms with Crippen molar-refractivity contribution < 1.29 is 19.4 Å². The largest absolute Gasteiger partial charge is 0.490 e. The molecule has 0 bridgehead atoms. The molecule has 0 radical (unpaired) electrons. The van der Waals surface area contributed by atoms with E-state index in [2.05, 4.69) is 0 Å². The van der Waals surface area contributed by atoms with Crippen molar-refractivity contribution in [3.63, 3.8) is 0 Å². The number of carbonyl (C=O) groups is 1. The molecule has 0 amide bonds. The van der Waals surface area contributed by atoms with Crippen molar-refractivity contribution in [1.29, 1.82) is 0 Å². The van der Waals surface area contributed by atoms with E-state index in [1.54, 1.807) is 6.92 Å². The molecule has 1 aromatic rings. The minimum atomic E-state index is -0.776. The third kappa shape index (κ3) is 2.75. The standard InChI is InChI=1S/C14H18O4/c1-9-7-12-13(18-5-3-4-17-12)8-11(9)6-10(2)14(15)16/h7-8,10H,3-6H2,1-2H3,(H,15,16). The molecule has 1 heterocycles. The van der Waals surface area contributed by atoms with Gasteiger partial charge >= 0.3 is 5.97 Å². The highest BCUT2D eigenvalue weighted by Gasteiger charge is 2.17. The molecule has 0 aliphatic carbocycles. The first-order valence-electron chi connectivity index (χ1n) is 6.20. The number of carboxylic acids is 1. The zero-order valence-corrected chi connectivity index (χ0v) is 10.7. The molecule has 0 fully saturated rings. The van der Waals surface area contributed by atoms with Crippen molar-refractivity contribution in [2.24, 2.45) is 5.92 Å². The van der Waals surface area contributed by atoms with Crippen LogP contribution in [0.1, 0.15) is 24.5 Å². The summed E-state index contributed by atoms with van der Waals surface area (Å²) in [6.07, 6.45) is 1.38. The predicted octanol–water partition coefficient (Wildman–Crippen LogP) is 2.42. The lowest BCUT2D eigenvalue weighted by Crippen LogP contribution is -2.13. The summed E-state index contributed by atoms with van der Waals surface area (Å²) in [4.78, 5) is 10.9. The van der Waals surface area contributed by atoms with Gasteiger partial charge in [-0.15, -0.1) is 0 Å². The molecule has 1 aromatic carbocycles. The van der Waals surface area contributed by atoms with E-state index in [0.29, 0.717) is 19.6 Å². The average molecular weight is 250 g/mol. The van der Waals surface area contributed by atoms with Crippen LogP contribution in [0.25, 0.3) is 0 Å². The van der Waals surface area contributed by atoms with Crippen molar-refractivity contribution >= 4 is 5.97 Å². The number of aliphatic carboxylic acids is 1. The smallest absolute Gasteiger partial charge is 0.306 e. The SMILES string of the molecule is Cc1cc2c(cc1CC(C)C(=O)O)OCCCO2. The zero-order valence-electron chi connectivity index (χ0n) is 10.7. The first-order valence-corrected chi connectivity index (χ1v) is 6.20. The van der Waals surface area contributed by atoms with Crippen molar-refractivity contribution in [3.8, 4) is 11.5 Å². The molecule has 1 atom stereocenters. The van der Waals surface area contributed by atoms with Crippen LogP contribution in [-0.4, -0.2) is 24.3 Å². The molecule has 0 aromatic heterocycles. The molecule has 0 saturated carbocycles. The second-order valence-electron chi connectivity index (χ2n) is 4.72. The van der Waals surface area contributed by atoms with Crippen LogP contribution in [0.3, 0.4) is 0 Å². The van der Waals surface area contributed by atoms with Gasteiger partial charge in [0.1, 0.15) is 0 Å². The Morgan fingerprint density at radius 2 is 1.94 bits per heavy atom. The van der Waals surface area contributed by atoms with Gasteiger partial charge in [-0.1, -0.05) is 6.92 Å². The van der Waals surface area contributed by atoms with E-state index < -0.39 is 11.9 Å². The number of ether oxygens (including phenoxy) is 2. The topological polar surface area (TPSA) is 55.8 Å². The highest BCUT2D eigenvalue weighted by Crippen LogP contribution is 2.33. The minimum absolute atomic E-state index is 0.395. The summed E-state index contributed by atoms with van der Waals surface area (Å²) >= 11 is 0. The van der Waals surface area contributed by atoms with E-state index in [1.807, 2.05) is 19.1 Å². The number of fused-ring (bicyclic) bond motifs is 1. The van der Waals surface area contributed by atoms with E-state index in [1.165, 1.54) is 0 Å². The summed E-state index contributed by atoms with van der Waals surface area (Å²) in [6, 6.07) is 3.85. The number of aryl methyl sites for hydroxylation is 1. The lowest BCUT2D eigenvalue weighted by molar-refractivity contribution is -0.141. The fraction of sp³-hybridized carbons (Fsp3) is 0.500. The molecule has 1 unspecified atom stereocenters. The van der Waals surface area contributed by atoms with Crippen molar-refractivity contribution in [3.05, 3.63) is 23.3 Å². The lowest BCUT2D eigenvalue weighted by atomic mass is 9.97. The number of carboxylic acid groups (broad SMARTS) is 1. The Morgan fingerprint density at radius 1 is 1.33 bits per heavy atom. The van der Waals surface area contributed by atoms with Crippen LogP contribution in [0.4, 0.5) is 0 Å². The molecule has 18 heavy (non-hydrogen) atoms. The molecular weight excluding hydrogens is 232 g/mol. The predicted molar refractivity (Wildman–Crippen MR) is 67.3 cm³/mol. The minimum Gasteiger partial charge on any atom is -0.490 e. The number of rotatable bonds is 3. The molecule has 98 valence electrons. The number of hydrogen-bond acceptors (Lipinski definition) is 3. The second-order valence-corrected chi connectivity index (χ2v) is 4.72. The van der Waals surface area contributed by atoms with Gasteiger partial charge in [0.2, 0.25) is 0 Å². The molecule has 1 aliphatic rings. The maximum atomic E-state index is 10.9. The van der Waals surface area contributed by atoms with Crippen LogP contribution in [0.15, 0.2) is 12.1 Å². The van der Waals surface area contributed by atoms with Crippen molar-refractivity contribution in [2.45, 2.75) is 26.7 Å². The summed E-state index contributed by atoms with van der Waals surface area (Å²) in [7, 11) is 0. The van der Waals surface area contributed by atoms with E-state index in [4.69, 9.17) is 14.6 Å². The highest BCUT2D eigenvalue weighted by molar-refractivity contribution is 5.70. The average Bonchev–Trinajstić information content (AvgIpc) is 2.54. The highest BCUT2D eigenvalue weighted by atomic mass is 16.5. The first-order chi connectivity index (χ1) is 8.58. The Labute approximate surface area is 107 Å². The summed E-state index contributed by atoms with van der Waals surface area (Å²) in [6.45, 7) is 4.99. The fourth-order valence-electron chi connectivity index (χ4n) is 1.99. The van der Waals surface area contributed by atoms with Gasteiger partial charge < -0.3 is 14.6 Å². The maximum absolute atomic E-state index is 10.9. The normalized spacial score (nSPS) is 15.9. The van der Waals surface area contributed by atoms with Crippen molar-refractivity contribution in [1.82, 2.24) is 0 Å². The van der Waals surface area contributed by atoms with E-state index in [-0.39, 0.29) is 0 Å². The molecule has 4 nitrogen and oxygen atoms in total. The van der Waals surface area contributed by atoms with Gasteiger partial charge in [-0.3, -0.25) is 4.79 Å². The van der Waals surface area contributed by atoms with Gasteiger partial charge in [0.05, 0.1) is 19.1 Å². The summed E-state index contributed by atoms with van der Waals surface area (Å²) in [5.74, 6) is 0.317. The van der Waals surface area contributed by atoms with E-state index in [9.17, 15) is 4.79 Å². The van der Waals surface area contributed by atoms with Crippen LogP contribution in [-0.2, 0) is 11.2 Å². The van der Waals surface area contributed by atoms with Crippen LogP contribution in [0.2, 0.25) is 0 Å². The van der Waals surface area contributed by atoms with Gasteiger partial charge in [0.15, 0.2) is 11.5 Å². The molecule has 0 saturated heterocycles. The van der Waals surface area contributed by atoms with E-state index in [0.717, 1.165) is 29.0 Å². The quantitative estimate of drug-likeness (QED) is 0.895. The molecule has 1 N–H and O–H groups in total. The fourth-order valence-corrected chi connectivity index (χ4v) is 1.99. The summed E-state index contributed by atoms with van der Waals surface area (Å²) in [5, 5.41) is 8.96. The molecule has 0 spiro atoms. The lowest BCUT2D eigenvalue weighted by Gasteiger charge is -2.14. The third-order valence-corrected chi connectivity index (χ3v) is 3.15. The Bertz CT molecular complexity index is 453. The Hall–Kier alpha value is -1.71. The molecule has 2 rings (SSSR count). The number of benzene rings is 1. The Balaban J connectivity index is 2.26. The first kappa shape index (κ1) is 12.7. The Kier molecular flexibility index (Phi) is 3.75. The van der Waals surface area contributed by atoms with Crippen LogP contribution >= 0.6 is 0 Å². The van der Waals surface area contributed by atoms with Gasteiger partial charge in [0.25, 0.3) is 0 Å². The third-order valence-electron chi connectivity index (χ3n) is 3.15. The van der Waals surface area contributed by atoms with Crippen LogP contribution < -0.4 is 9.47 Å². The number of hydrogen-bond donors (Lipinski definition) is 1. The van der Waals surface area contributed by atoms with E-state index >= 15 is 0 Å². The van der Waals surface area contributed by atoms with Crippen molar-refractivity contribution in [2.75, 3.05) is 13.2 Å². The second kappa shape index (κ2) is 5.29. The summed E-state index contributed by atoms with van der Waals surface area (Å²) in [5.41, 5.74) is 2.06. The molecule has 4 heteroatoms. The Morgan fingerprint density at radius 3 is 2.56 bits per heavy atom. The van der Waals surface area contributed by atoms with Gasteiger partial charge in [-0.25, -0.2) is 0 Å². The van der Waals surface area contributed by atoms with Gasteiger partial charge in [-0.2, -0.15) is 0 Å².